The highest BCUT2D eigenvalue weighted by molar-refractivity contribution is 8.15. The van der Waals surface area contributed by atoms with Crippen molar-refractivity contribution >= 4 is 28.6 Å². The molecule has 0 saturated carbocycles. The Kier molecular flexibility index (Phi) is 3.54. The van der Waals surface area contributed by atoms with Crippen molar-refractivity contribution in [2.24, 2.45) is 0 Å². The summed E-state index contributed by atoms with van der Waals surface area (Å²) >= 11 is 1.09. The maximum atomic E-state index is 12.4. The molecule has 19 heavy (non-hydrogen) atoms. The lowest BCUT2D eigenvalue weighted by molar-refractivity contribution is -0.120. The van der Waals surface area contributed by atoms with E-state index in [-0.39, 0.29) is 11.1 Å². The number of hydrogen-bond acceptors (Lipinski definition) is 5. The van der Waals surface area contributed by atoms with E-state index >= 15 is 0 Å². The van der Waals surface area contributed by atoms with Crippen LogP contribution < -0.4 is 4.90 Å². The summed E-state index contributed by atoms with van der Waals surface area (Å²) in [6.45, 7) is 2.62. The van der Waals surface area contributed by atoms with Gasteiger partial charge in [0, 0.05) is 13.1 Å². The van der Waals surface area contributed by atoms with E-state index in [1.165, 1.54) is 4.90 Å². The third kappa shape index (κ3) is 2.39. The molecule has 2 heterocycles. The number of thioether (sulfide) groups is 1. The normalized spacial score (nSPS) is 25.1. The van der Waals surface area contributed by atoms with Crippen LogP contribution in [0.4, 0.5) is 10.5 Å². The summed E-state index contributed by atoms with van der Waals surface area (Å²) in [6, 6.07) is 9.06. The highest BCUT2D eigenvalue weighted by Gasteiger charge is 2.43. The van der Waals surface area contributed by atoms with Crippen LogP contribution in [0.25, 0.3) is 0 Å². The second-order valence-corrected chi connectivity index (χ2v) is 5.43. The molecule has 1 unspecified atom stereocenters. The smallest absolute Gasteiger partial charge is 0.295 e. The number of carbonyl (C=O) groups excluding carboxylic acids is 2. The Balaban J connectivity index is 1.81. The molecule has 1 aromatic carbocycles. The lowest BCUT2D eigenvalue weighted by Gasteiger charge is -2.29. The zero-order valence-electron chi connectivity index (χ0n) is 10.3. The molecule has 1 aromatic rings. The Morgan fingerprint density at radius 3 is 2.47 bits per heavy atom. The summed E-state index contributed by atoms with van der Waals surface area (Å²) in [6.07, 6.45) is 0. The van der Waals surface area contributed by atoms with Gasteiger partial charge in [-0.15, -0.1) is 0 Å². The van der Waals surface area contributed by atoms with Gasteiger partial charge in [0.1, 0.15) is 5.37 Å². The molecule has 100 valence electrons. The highest BCUT2D eigenvalue weighted by Crippen LogP contribution is 2.33. The van der Waals surface area contributed by atoms with Crippen molar-refractivity contribution in [1.82, 2.24) is 4.90 Å². The minimum Gasteiger partial charge on any atom is -0.379 e. The van der Waals surface area contributed by atoms with E-state index in [0.29, 0.717) is 32.0 Å². The van der Waals surface area contributed by atoms with Crippen LogP contribution in [0.15, 0.2) is 30.3 Å². The Morgan fingerprint density at radius 1 is 1.11 bits per heavy atom. The number of rotatable bonds is 2. The second kappa shape index (κ2) is 5.32. The maximum absolute atomic E-state index is 12.4. The van der Waals surface area contributed by atoms with Gasteiger partial charge < -0.3 is 4.74 Å². The summed E-state index contributed by atoms with van der Waals surface area (Å²) in [7, 11) is 0. The van der Waals surface area contributed by atoms with Gasteiger partial charge in [0.2, 0.25) is 0 Å². The van der Waals surface area contributed by atoms with Crippen molar-refractivity contribution in [3.63, 3.8) is 0 Å². The summed E-state index contributed by atoms with van der Waals surface area (Å²) in [4.78, 5) is 27.7. The van der Waals surface area contributed by atoms with E-state index < -0.39 is 5.37 Å². The Morgan fingerprint density at radius 2 is 1.79 bits per heavy atom. The SMILES string of the molecule is O=C1SC(N2CCOCC2)C(=O)N1c1ccccc1. The molecule has 3 rings (SSSR count). The van der Waals surface area contributed by atoms with Crippen molar-refractivity contribution in [2.45, 2.75) is 5.37 Å². The number of para-hydroxylation sites is 1. The van der Waals surface area contributed by atoms with Crippen LogP contribution in [0, 0.1) is 0 Å². The van der Waals surface area contributed by atoms with Crippen LogP contribution in [-0.4, -0.2) is 47.7 Å². The van der Waals surface area contributed by atoms with E-state index in [9.17, 15) is 9.59 Å². The molecule has 0 aromatic heterocycles. The molecule has 0 radical (unpaired) electrons. The molecule has 0 N–H and O–H groups in total. The van der Waals surface area contributed by atoms with Crippen LogP contribution in [-0.2, 0) is 9.53 Å². The van der Waals surface area contributed by atoms with Crippen molar-refractivity contribution in [3.05, 3.63) is 30.3 Å². The highest BCUT2D eigenvalue weighted by atomic mass is 32.2. The predicted molar refractivity (Wildman–Crippen MR) is 73.1 cm³/mol. The lowest BCUT2D eigenvalue weighted by Crippen LogP contribution is -2.46. The predicted octanol–water partition coefficient (Wildman–Crippen LogP) is 1.54. The van der Waals surface area contributed by atoms with E-state index in [1.807, 2.05) is 23.1 Å². The van der Waals surface area contributed by atoms with E-state index in [0.717, 1.165) is 11.8 Å². The summed E-state index contributed by atoms with van der Waals surface area (Å²) < 4.78 is 5.27. The number of hydrogen-bond donors (Lipinski definition) is 0. The third-order valence-corrected chi connectivity index (χ3v) is 4.33. The lowest BCUT2D eigenvalue weighted by atomic mass is 10.3. The maximum Gasteiger partial charge on any atom is 0.295 e. The zero-order chi connectivity index (χ0) is 13.2. The number of ether oxygens (including phenoxy) is 1. The van der Waals surface area contributed by atoms with Crippen LogP contribution in [0.3, 0.4) is 0 Å². The average molecular weight is 278 g/mol. The number of morpholine rings is 1. The third-order valence-electron chi connectivity index (χ3n) is 3.22. The molecule has 6 heteroatoms. The molecule has 2 aliphatic heterocycles. The Hall–Kier alpha value is -1.37. The number of anilines is 1. The monoisotopic (exact) mass is 278 g/mol. The number of nitrogens with zero attached hydrogens (tertiary/aromatic N) is 2. The minimum atomic E-state index is -0.406. The van der Waals surface area contributed by atoms with Crippen LogP contribution >= 0.6 is 11.8 Å². The first kappa shape index (κ1) is 12.7. The van der Waals surface area contributed by atoms with Crippen molar-refractivity contribution in [3.8, 4) is 0 Å². The standard InChI is InChI=1S/C13H14N2O3S/c16-11-12(14-6-8-18-9-7-14)19-13(17)15(11)10-4-2-1-3-5-10/h1-5,12H,6-9H2. The fraction of sp³-hybridized carbons (Fsp3) is 0.385. The molecule has 5 nitrogen and oxygen atoms in total. The second-order valence-electron chi connectivity index (χ2n) is 4.39. The van der Waals surface area contributed by atoms with Gasteiger partial charge in [0.15, 0.2) is 0 Å². The van der Waals surface area contributed by atoms with Crippen LogP contribution in [0.5, 0.6) is 0 Å². The van der Waals surface area contributed by atoms with Gasteiger partial charge >= 0.3 is 0 Å². The summed E-state index contributed by atoms with van der Waals surface area (Å²) in [5.41, 5.74) is 0.640. The summed E-state index contributed by atoms with van der Waals surface area (Å²) in [5.74, 6) is -0.150. The molecular weight excluding hydrogens is 264 g/mol. The van der Waals surface area contributed by atoms with Crippen LogP contribution in [0.1, 0.15) is 0 Å². The molecule has 2 amide bonds. The van der Waals surface area contributed by atoms with Gasteiger partial charge in [-0.2, -0.15) is 0 Å². The van der Waals surface area contributed by atoms with Gasteiger partial charge in [0.25, 0.3) is 11.1 Å². The fourth-order valence-corrected chi connectivity index (χ4v) is 3.31. The Bertz CT molecular complexity index is 488. The number of imide groups is 1. The van der Waals surface area contributed by atoms with E-state index in [1.54, 1.807) is 12.1 Å². The van der Waals surface area contributed by atoms with Crippen molar-refractivity contribution in [1.29, 1.82) is 0 Å². The van der Waals surface area contributed by atoms with Crippen molar-refractivity contribution < 1.29 is 14.3 Å². The molecule has 2 saturated heterocycles. The Labute approximate surface area is 115 Å². The number of carbonyl (C=O) groups is 2. The topological polar surface area (TPSA) is 49.9 Å². The molecule has 0 bridgehead atoms. The largest absolute Gasteiger partial charge is 0.379 e. The minimum absolute atomic E-state index is 0.150. The van der Waals surface area contributed by atoms with Crippen LogP contribution in [0.2, 0.25) is 0 Å². The van der Waals surface area contributed by atoms with Gasteiger partial charge in [-0.3, -0.25) is 14.5 Å². The first-order valence-corrected chi connectivity index (χ1v) is 7.07. The van der Waals surface area contributed by atoms with Crippen molar-refractivity contribution in [2.75, 3.05) is 31.2 Å². The molecular formula is C13H14N2O3S. The van der Waals surface area contributed by atoms with Gasteiger partial charge in [0.05, 0.1) is 18.9 Å². The average Bonchev–Trinajstić information content (AvgIpc) is 2.76. The van der Waals surface area contributed by atoms with E-state index in [4.69, 9.17) is 4.74 Å². The first-order chi connectivity index (χ1) is 9.27. The molecule has 2 fully saturated rings. The first-order valence-electron chi connectivity index (χ1n) is 6.19. The zero-order valence-corrected chi connectivity index (χ0v) is 11.1. The van der Waals surface area contributed by atoms with Gasteiger partial charge in [-0.25, -0.2) is 4.90 Å². The number of benzene rings is 1. The summed E-state index contributed by atoms with van der Waals surface area (Å²) in [5, 5.41) is -0.607. The van der Waals surface area contributed by atoms with Gasteiger partial charge in [-0.05, 0) is 23.9 Å². The molecule has 2 aliphatic rings. The van der Waals surface area contributed by atoms with E-state index in [2.05, 4.69) is 0 Å². The molecule has 0 spiro atoms. The number of amides is 2. The van der Waals surface area contributed by atoms with Gasteiger partial charge in [-0.1, -0.05) is 18.2 Å². The molecule has 0 aliphatic carbocycles. The quantitative estimate of drug-likeness (QED) is 0.821. The fourth-order valence-electron chi connectivity index (χ4n) is 2.25. The molecule has 1 atom stereocenters.